The number of nitrogens with one attached hydrogen (secondary N) is 1. The van der Waals surface area contributed by atoms with Crippen molar-refractivity contribution in [2.45, 2.75) is 51.5 Å². The number of rotatable bonds is 5. The van der Waals surface area contributed by atoms with Gasteiger partial charge in [-0.1, -0.05) is 31.3 Å². The lowest BCUT2D eigenvalue weighted by Crippen LogP contribution is -2.39. The summed E-state index contributed by atoms with van der Waals surface area (Å²) >= 11 is 0. The molecule has 0 aliphatic heterocycles. The van der Waals surface area contributed by atoms with E-state index in [1.165, 1.54) is 38.4 Å². The van der Waals surface area contributed by atoms with Crippen LogP contribution in [-0.2, 0) is 6.42 Å². The van der Waals surface area contributed by atoms with Crippen LogP contribution in [0.1, 0.15) is 44.9 Å². The monoisotopic (exact) mass is 223 g/mol. The summed E-state index contributed by atoms with van der Waals surface area (Å²) in [6.07, 6.45) is 9.07. The van der Waals surface area contributed by atoms with E-state index in [1.54, 1.807) is 0 Å². The standard InChI is InChI=1S/C12H21N3O/c1-2-10-5-3-4-6-11(10)13-8-7-12-14-9-15-16-12/h9-11,13H,2-8H2,1H3. The number of hydrogen-bond donors (Lipinski definition) is 1. The molecule has 1 aromatic heterocycles. The number of aromatic nitrogens is 2. The van der Waals surface area contributed by atoms with E-state index in [1.807, 2.05) is 0 Å². The molecule has 0 radical (unpaired) electrons. The normalized spacial score (nSPS) is 25.8. The predicted molar refractivity (Wildman–Crippen MR) is 62.0 cm³/mol. The molecule has 4 nitrogen and oxygen atoms in total. The Morgan fingerprint density at radius 2 is 2.31 bits per heavy atom. The lowest BCUT2D eigenvalue weighted by molar-refractivity contribution is 0.254. The van der Waals surface area contributed by atoms with Gasteiger partial charge in [-0.25, -0.2) is 0 Å². The van der Waals surface area contributed by atoms with Crippen molar-refractivity contribution in [1.29, 1.82) is 0 Å². The summed E-state index contributed by atoms with van der Waals surface area (Å²) in [6.45, 7) is 3.24. The molecular weight excluding hydrogens is 202 g/mol. The van der Waals surface area contributed by atoms with E-state index in [4.69, 9.17) is 4.52 Å². The van der Waals surface area contributed by atoms with Gasteiger partial charge in [0.1, 0.15) is 0 Å². The molecule has 2 atom stereocenters. The fraction of sp³-hybridized carbons (Fsp3) is 0.833. The average molecular weight is 223 g/mol. The molecule has 1 heterocycles. The zero-order valence-electron chi connectivity index (χ0n) is 9.98. The summed E-state index contributed by atoms with van der Waals surface area (Å²) in [5.41, 5.74) is 0. The van der Waals surface area contributed by atoms with E-state index in [0.717, 1.165) is 24.8 Å². The van der Waals surface area contributed by atoms with Crippen LogP contribution in [0.4, 0.5) is 0 Å². The second kappa shape index (κ2) is 5.99. The highest BCUT2D eigenvalue weighted by molar-refractivity contribution is 4.82. The Morgan fingerprint density at radius 1 is 1.44 bits per heavy atom. The minimum atomic E-state index is 0.696. The fourth-order valence-corrected chi connectivity index (χ4v) is 2.64. The molecule has 4 heteroatoms. The van der Waals surface area contributed by atoms with Crippen molar-refractivity contribution >= 4 is 0 Å². The summed E-state index contributed by atoms with van der Waals surface area (Å²) in [5.74, 6) is 1.59. The van der Waals surface area contributed by atoms with Crippen molar-refractivity contribution in [2.24, 2.45) is 5.92 Å². The molecule has 0 spiro atoms. The second-order valence-electron chi connectivity index (χ2n) is 4.60. The first-order chi connectivity index (χ1) is 7.90. The van der Waals surface area contributed by atoms with Crippen LogP contribution in [0.15, 0.2) is 10.9 Å². The molecule has 1 aromatic rings. The largest absolute Gasteiger partial charge is 0.340 e. The molecule has 1 fully saturated rings. The molecular formula is C12H21N3O. The maximum Gasteiger partial charge on any atom is 0.227 e. The minimum absolute atomic E-state index is 0.696. The van der Waals surface area contributed by atoms with Gasteiger partial charge < -0.3 is 9.84 Å². The molecule has 0 amide bonds. The van der Waals surface area contributed by atoms with E-state index < -0.39 is 0 Å². The van der Waals surface area contributed by atoms with Gasteiger partial charge in [0.15, 0.2) is 6.33 Å². The summed E-state index contributed by atoms with van der Waals surface area (Å²) in [4.78, 5) is 4.02. The molecule has 2 unspecified atom stereocenters. The van der Waals surface area contributed by atoms with Gasteiger partial charge in [-0.3, -0.25) is 0 Å². The molecule has 0 bridgehead atoms. The lowest BCUT2D eigenvalue weighted by atomic mass is 9.83. The van der Waals surface area contributed by atoms with Gasteiger partial charge in [-0.05, 0) is 18.8 Å². The Kier molecular flexibility index (Phi) is 4.34. The molecule has 1 N–H and O–H groups in total. The average Bonchev–Trinajstić information content (AvgIpc) is 2.83. The molecule has 16 heavy (non-hydrogen) atoms. The Hall–Kier alpha value is -0.900. The Labute approximate surface area is 96.8 Å². The van der Waals surface area contributed by atoms with E-state index in [2.05, 4.69) is 22.4 Å². The van der Waals surface area contributed by atoms with Crippen LogP contribution in [0.25, 0.3) is 0 Å². The van der Waals surface area contributed by atoms with Gasteiger partial charge in [0.05, 0.1) is 0 Å². The molecule has 0 saturated heterocycles. The van der Waals surface area contributed by atoms with Gasteiger partial charge in [-0.2, -0.15) is 4.98 Å². The molecule has 0 aromatic carbocycles. The minimum Gasteiger partial charge on any atom is -0.340 e. The topological polar surface area (TPSA) is 51.0 Å². The van der Waals surface area contributed by atoms with Crippen LogP contribution in [0, 0.1) is 5.92 Å². The number of nitrogens with zero attached hydrogens (tertiary/aromatic N) is 2. The highest BCUT2D eigenvalue weighted by atomic mass is 16.5. The Bertz CT molecular complexity index is 286. The van der Waals surface area contributed by atoms with Crippen molar-refractivity contribution in [2.75, 3.05) is 6.54 Å². The maximum absolute atomic E-state index is 4.97. The molecule has 2 rings (SSSR count). The number of hydrogen-bond acceptors (Lipinski definition) is 4. The molecule has 1 aliphatic carbocycles. The van der Waals surface area contributed by atoms with Crippen molar-refractivity contribution in [3.8, 4) is 0 Å². The lowest BCUT2D eigenvalue weighted by Gasteiger charge is -2.31. The van der Waals surface area contributed by atoms with E-state index in [-0.39, 0.29) is 0 Å². The summed E-state index contributed by atoms with van der Waals surface area (Å²) in [5, 5.41) is 7.24. The highest BCUT2D eigenvalue weighted by Gasteiger charge is 2.22. The Morgan fingerprint density at radius 3 is 3.06 bits per heavy atom. The first-order valence-corrected chi connectivity index (χ1v) is 6.39. The van der Waals surface area contributed by atoms with Crippen molar-refractivity contribution in [3.63, 3.8) is 0 Å². The maximum atomic E-state index is 4.97. The second-order valence-corrected chi connectivity index (χ2v) is 4.60. The van der Waals surface area contributed by atoms with Crippen LogP contribution < -0.4 is 5.32 Å². The van der Waals surface area contributed by atoms with Crippen molar-refractivity contribution < 1.29 is 4.52 Å². The molecule has 1 saturated carbocycles. The molecule has 90 valence electrons. The molecule has 1 aliphatic rings. The van der Waals surface area contributed by atoms with Crippen LogP contribution in [0.2, 0.25) is 0 Å². The summed E-state index contributed by atoms with van der Waals surface area (Å²) < 4.78 is 4.97. The van der Waals surface area contributed by atoms with Crippen molar-refractivity contribution in [1.82, 2.24) is 15.5 Å². The van der Waals surface area contributed by atoms with E-state index >= 15 is 0 Å². The van der Waals surface area contributed by atoms with Gasteiger partial charge in [0, 0.05) is 19.0 Å². The Balaban J connectivity index is 1.71. The van der Waals surface area contributed by atoms with Gasteiger partial charge in [-0.15, -0.1) is 0 Å². The van der Waals surface area contributed by atoms with Crippen LogP contribution in [0.5, 0.6) is 0 Å². The van der Waals surface area contributed by atoms with Gasteiger partial charge >= 0.3 is 0 Å². The smallest absolute Gasteiger partial charge is 0.227 e. The zero-order valence-corrected chi connectivity index (χ0v) is 9.98. The van der Waals surface area contributed by atoms with E-state index in [0.29, 0.717) is 6.04 Å². The van der Waals surface area contributed by atoms with E-state index in [9.17, 15) is 0 Å². The quantitative estimate of drug-likeness (QED) is 0.831. The van der Waals surface area contributed by atoms with Crippen molar-refractivity contribution in [3.05, 3.63) is 12.2 Å². The summed E-state index contributed by atoms with van der Waals surface area (Å²) in [6, 6.07) is 0.696. The van der Waals surface area contributed by atoms with Crippen LogP contribution >= 0.6 is 0 Å². The SMILES string of the molecule is CCC1CCCCC1NCCc1ncno1. The van der Waals surface area contributed by atoms with Gasteiger partial charge in [0.2, 0.25) is 5.89 Å². The fourth-order valence-electron chi connectivity index (χ4n) is 2.64. The third-order valence-electron chi connectivity index (χ3n) is 3.59. The predicted octanol–water partition coefficient (Wildman–Crippen LogP) is 2.17. The van der Waals surface area contributed by atoms with Crippen LogP contribution in [0.3, 0.4) is 0 Å². The zero-order chi connectivity index (χ0) is 11.2. The third kappa shape index (κ3) is 3.04. The first kappa shape index (κ1) is 11.6. The third-order valence-corrected chi connectivity index (χ3v) is 3.59. The summed E-state index contributed by atoms with van der Waals surface area (Å²) in [7, 11) is 0. The van der Waals surface area contributed by atoms with Gasteiger partial charge in [0.25, 0.3) is 0 Å². The first-order valence-electron chi connectivity index (χ1n) is 6.39. The highest BCUT2D eigenvalue weighted by Crippen LogP contribution is 2.26. The van der Waals surface area contributed by atoms with Crippen LogP contribution in [-0.4, -0.2) is 22.7 Å².